The van der Waals surface area contributed by atoms with E-state index in [0.717, 1.165) is 48.6 Å². The van der Waals surface area contributed by atoms with Gasteiger partial charge in [0.25, 0.3) is 0 Å². The van der Waals surface area contributed by atoms with Gasteiger partial charge in [-0.15, -0.1) is 0 Å². The number of hydrogen-bond acceptors (Lipinski definition) is 4. The molecule has 1 aliphatic heterocycles. The number of nitrogens with zero attached hydrogens (tertiary/aromatic N) is 2. The zero-order valence-electron chi connectivity index (χ0n) is 15.6. The van der Waals surface area contributed by atoms with Crippen molar-refractivity contribution in [3.8, 4) is 5.75 Å². The molecule has 0 unspecified atom stereocenters. The lowest BCUT2D eigenvalue weighted by atomic mass is 10.1. The highest BCUT2D eigenvalue weighted by atomic mass is 16.5. The number of benzene rings is 2. The first-order valence-corrected chi connectivity index (χ1v) is 9.31. The molecular weight excluding hydrogens is 324 g/mol. The molecule has 0 radical (unpaired) electrons. The highest BCUT2D eigenvalue weighted by Crippen LogP contribution is 2.24. The van der Waals surface area contributed by atoms with Crippen LogP contribution in [0.3, 0.4) is 0 Å². The van der Waals surface area contributed by atoms with Crippen molar-refractivity contribution in [2.24, 2.45) is 4.99 Å². The molecule has 0 fully saturated rings. The Balaban J connectivity index is 1.84. The molecule has 0 saturated heterocycles. The van der Waals surface area contributed by atoms with Crippen LogP contribution >= 0.6 is 0 Å². The molecule has 0 amide bonds. The van der Waals surface area contributed by atoms with E-state index in [1.807, 2.05) is 43.3 Å². The van der Waals surface area contributed by atoms with Gasteiger partial charge in [-0.3, -0.25) is 9.79 Å². The second kappa shape index (κ2) is 8.65. The number of Topliss-reactive ketones (excluding diaryl/α,β-unsaturated/α-hetero) is 1. The van der Waals surface area contributed by atoms with E-state index in [-0.39, 0.29) is 5.78 Å². The molecule has 0 N–H and O–H groups in total. The number of rotatable bonds is 6. The lowest BCUT2D eigenvalue weighted by Crippen LogP contribution is -2.37. The Bertz CT molecular complexity index is 781. The maximum atomic E-state index is 12.9. The fourth-order valence-corrected chi connectivity index (χ4v) is 3.22. The number of ether oxygens (including phenoxy) is 1. The van der Waals surface area contributed by atoms with Gasteiger partial charge in [-0.2, -0.15) is 0 Å². The first-order chi connectivity index (χ1) is 12.7. The summed E-state index contributed by atoms with van der Waals surface area (Å²) in [6.45, 7) is 5.79. The summed E-state index contributed by atoms with van der Waals surface area (Å²) in [4.78, 5) is 19.7. The van der Waals surface area contributed by atoms with E-state index < -0.39 is 0 Å². The highest BCUT2D eigenvalue weighted by Gasteiger charge is 2.21. The summed E-state index contributed by atoms with van der Waals surface area (Å²) >= 11 is 0. The number of anilines is 1. The smallest absolute Gasteiger partial charge is 0.182 e. The van der Waals surface area contributed by atoms with Crippen LogP contribution in [-0.2, 0) is 0 Å². The van der Waals surface area contributed by atoms with Crippen LogP contribution < -0.4 is 9.64 Å². The third-order valence-corrected chi connectivity index (χ3v) is 4.61. The number of carbonyl (C=O) groups is 1. The van der Waals surface area contributed by atoms with Gasteiger partial charge in [0.05, 0.1) is 13.2 Å². The van der Waals surface area contributed by atoms with Crippen LogP contribution in [0.15, 0.2) is 53.5 Å². The molecule has 0 saturated carbocycles. The maximum Gasteiger partial charge on any atom is 0.182 e. The number of aliphatic imine (C=N–C) groups is 1. The number of para-hydroxylation sites is 1. The Labute approximate surface area is 155 Å². The van der Waals surface area contributed by atoms with E-state index in [0.29, 0.717) is 18.7 Å². The van der Waals surface area contributed by atoms with E-state index in [2.05, 4.69) is 24.0 Å². The average molecular weight is 350 g/mol. The minimum absolute atomic E-state index is 0.0876. The predicted molar refractivity (Wildman–Crippen MR) is 107 cm³/mol. The summed E-state index contributed by atoms with van der Waals surface area (Å²) in [6.07, 6.45) is 3.17. The third-order valence-electron chi connectivity index (χ3n) is 4.61. The van der Waals surface area contributed by atoms with Crippen LogP contribution in [0.1, 0.15) is 42.1 Å². The maximum absolute atomic E-state index is 12.9. The standard InChI is InChI=1S/C22H26N2O2/c1-3-26-19-13-11-18(12-14-19)21(25)16-24(22-10-6-7-15-23-22)20-9-5-4-8-17(20)2/h4-5,8-9,11-14H,3,6-7,10,15-16H2,1-2H3. The van der Waals surface area contributed by atoms with Gasteiger partial charge in [0.15, 0.2) is 5.78 Å². The topological polar surface area (TPSA) is 41.9 Å². The molecule has 1 aliphatic rings. The normalized spacial score (nSPS) is 13.8. The van der Waals surface area contributed by atoms with E-state index in [4.69, 9.17) is 9.73 Å². The quantitative estimate of drug-likeness (QED) is 0.711. The molecule has 4 heteroatoms. The van der Waals surface area contributed by atoms with Crippen LogP contribution in [0.4, 0.5) is 5.69 Å². The Morgan fingerprint density at radius 2 is 1.88 bits per heavy atom. The number of hydrogen-bond donors (Lipinski definition) is 0. The van der Waals surface area contributed by atoms with Gasteiger partial charge in [-0.1, -0.05) is 18.2 Å². The van der Waals surface area contributed by atoms with Gasteiger partial charge in [0, 0.05) is 24.2 Å². The van der Waals surface area contributed by atoms with E-state index in [9.17, 15) is 4.79 Å². The van der Waals surface area contributed by atoms with E-state index in [1.165, 1.54) is 0 Å². The van der Waals surface area contributed by atoms with Gasteiger partial charge in [-0.05, 0) is 62.6 Å². The molecule has 1 heterocycles. The molecule has 3 rings (SSSR count). The summed E-state index contributed by atoms with van der Waals surface area (Å²) in [6, 6.07) is 15.6. The Hall–Kier alpha value is -2.62. The highest BCUT2D eigenvalue weighted by molar-refractivity contribution is 6.07. The number of amidine groups is 1. The average Bonchev–Trinajstić information content (AvgIpc) is 2.68. The van der Waals surface area contributed by atoms with Crippen molar-refractivity contribution in [3.05, 3.63) is 59.7 Å². The van der Waals surface area contributed by atoms with Crippen molar-refractivity contribution in [3.63, 3.8) is 0 Å². The molecule has 2 aromatic rings. The van der Waals surface area contributed by atoms with Crippen LogP contribution in [-0.4, -0.2) is 31.3 Å². The van der Waals surface area contributed by atoms with Gasteiger partial charge >= 0.3 is 0 Å². The number of carbonyl (C=O) groups excluding carboxylic acids is 1. The summed E-state index contributed by atoms with van der Waals surface area (Å²) in [5, 5.41) is 0. The van der Waals surface area contributed by atoms with Crippen LogP contribution in [0.2, 0.25) is 0 Å². The number of aryl methyl sites for hydroxylation is 1. The summed E-state index contributed by atoms with van der Waals surface area (Å²) < 4.78 is 5.46. The van der Waals surface area contributed by atoms with Crippen molar-refractivity contribution in [2.45, 2.75) is 33.1 Å². The Morgan fingerprint density at radius 1 is 1.12 bits per heavy atom. The van der Waals surface area contributed by atoms with Crippen molar-refractivity contribution in [1.29, 1.82) is 0 Å². The zero-order chi connectivity index (χ0) is 18.4. The summed E-state index contributed by atoms with van der Waals surface area (Å²) in [5.74, 6) is 1.89. The van der Waals surface area contributed by atoms with Crippen LogP contribution in [0, 0.1) is 6.92 Å². The van der Waals surface area contributed by atoms with E-state index >= 15 is 0 Å². The number of ketones is 1. The second-order valence-corrected chi connectivity index (χ2v) is 6.51. The molecule has 4 nitrogen and oxygen atoms in total. The summed E-state index contributed by atoms with van der Waals surface area (Å²) in [7, 11) is 0. The fraction of sp³-hybridized carbons (Fsp3) is 0.364. The lowest BCUT2D eigenvalue weighted by Gasteiger charge is -2.29. The molecule has 0 atom stereocenters. The van der Waals surface area contributed by atoms with Crippen molar-refractivity contribution < 1.29 is 9.53 Å². The Morgan fingerprint density at radius 3 is 2.54 bits per heavy atom. The lowest BCUT2D eigenvalue weighted by molar-refractivity contribution is 0.100. The zero-order valence-corrected chi connectivity index (χ0v) is 15.6. The minimum atomic E-state index is 0.0876. The first-order valence-electron chi connectivity index (χ1n) is 9.31. The molecule has 0 bridgehead atoms. The van der Waals surface area contributed by atoms with E-state index in [1.54, 1.807) is 0 Å². The molecule has 0 aromatic heterocycles. The van der Waals surface area contributed by atoms with Crippen molar-refractivity contribution in [2.75, 3.05) is 24.6 Å². The van der Waals surface area contributed by atoms with Crippen LogP contribution in [0.5, 0.6) is 5.75 Å². The third kappa shape index (κ3) is 4.31. The summed E-state index contributed by atoms with van der Waals surface area (Å²) in [5.41, 5.74) is 2.91. The minimum Gasteiger partial charge on any atom is -0.494 e. The molecule has 0 aliphatic carbocycles. The van der Waals surface area contributed by atoms with Gasteiger partial charge in [0.2, 0.25) is 0 Å². The molecule has 26 heavy (non-hydrogen) atoms. The molecule has 2 aromatic carbocycles. The van der Waals surface area contributed by atoms with Gasteiger partial charge in [0.1, 0.15) is 11.6 Å². The van der Waals surface area contributed by atoms with Gasteiger partial charge < -0.3 is 9.64 Å². The SMILES string of the molecule is CCOc1ccc(C(=O)CN(C2=NCCCC2)c2ccccc2C)cc1. The van der Waals surface area contributed by atoms with Crippen LogP contribution in [0.25, 0.3) is 0 Å². The van der Waals surface area contributed by atoms with Crippen molar-refractivity contribution >= 4 is 17.3 Å². The monoisotopic (exact) mass is 350 g/mol. The molecule has 0 spiro atoms. The van der Waals surface area contributed by atoms with Gasteiger partial charge in [-0.25, -0.2) is 0 Å². The fourth-order valence-electron chi connectivity index (χ4n) is 3.22. The predicted octanol–water partition coefficient (Wildman–Crippen LogP) is 4.67. The molecule has 136 valence electrons. The Kier molecular flexibility index (Phi) is 6.05. The molecular formula is C22H26N2O2. The van der Waals surface area contributed by atoms with Crippen molar-refractivity contribution in [1.82, 2.24) is 0 Å². The first kappa shape index (κ1) is 18.2. The second-order valence-electron chi connectivity index (χ2n) is 6.51. The largest absolute Gasteiger partial charge is 0.494 e.